The SMILES string of the molecule is CC[C@@H](Oc1ccc2ccccc2c1)C(=O)Nc1ccccc1C(=O)NC[C@H]1CCCO1. The summed E-state index contributed by atoms with van der Waals surface area (Å²) in [5.74, 6) is 0.105. The highest BCUT2D eigenvalue weighted by atomic mass is 16.5. The molecular weight excluding hydrogens is 404 g/mol. The summed E-state index contributed by atoms with van der Waals surface area (Å²) < 4.78 is 11.6. The number of hydrogen-bond donors (Lipinski definition) is 2. The smallest absolute Gasteiger partial charge is 0.265 e. The molecule has 3 aromatic carbocycles. The Hall–Kier alpha value is -3.38. The summed E-state index contributed by atoms with van der Waals surface area (Å²) in [7, 11) is 0. The summed E-state index contributed by atoms with van der Waals surface area (Å²) >= 11 is 0. The first kappa shape index (κ1) is 21.8. The van der Waals surface area contributed by atoms with Crippen LogP contribution in [0.5, 0.6) is 5.75 Å². The predicted octanol–water partition coefficient (Wildman–Crippen LogP) is 4.54. The molecule has 0 aliphatic carbocycles. The predicted molar refractivity (Wildman–Crippen MR) is 125 cm³/mol. The molecule has 0 unspecified atom stereocenters. The number of rotatable bonds is 8. The third-order valence-corrected chi connectivity index (χ3v) is 5.61. The number of fused-ring (bicyclic) bond motifs is 1. The lowest BCUT2D eigenvalue weighted by atomic mass is 10.1. The van der Waals surface area contributed by atoms with Crippen molar-refractivity contribution in [3.8, 4) is 5.75 Å². The second-order valence-corrected chi connectivity index (χ2v) is 7.90. The van der Waals surface area contributed by atoms with Gasteiger partial charge < -0.3 is 20.1 Å². The van der Waals surface area contributed by atoms with Gasteiger partial charge in [0.1, 0.15) is 5.75 Å². The highest BCUT2D eigenvalue weighted by Gasteiger charge is 2.22. The Morgan fingerprint density at radius 2 is 1.84 bits per heavy atom. The van der Waals surface area contributed by atoms with Crippen molar-refractivity contribution >= 4 is 28.3 Å². The second kappa shape index (κ2) is 10.3. The van der Waals surface area contributed by atoms with Crippen molar-refractivity contribution in [3.63, 3.8) is 0 Å². The van der Waals surface area contributed by atoms with E-state index in [1.165, 1.54) is 0 Å². The average Bonchev–Trinajstić information content (AvgIpc) is 3.35. The van der Waals surface area contributed by atoms with E-state index in [1.54, 1.807) is 24.3 Å². The zero-order chi connectivity index (χ0) is 22.3. The second-order valence-electron chi connectivity index (χ2n) is 7.90. The molecule has 1 aliphatic heterocycles. The van der Waals surface area contributed by atoms with E-state index in [4.69, 9.17) is 9.47 Å². The maximum absolute atomic E-state index is 13.0. The van der Waals surface area contributed by atoms with Crippen molar-refractivity contribution in [2.75, 3.05) is 18.5 Å². The van der Waals surface area contributed by atoms with Gasteiger partial charge in [-0.2, -0.15) is 0 Å². The normalized spacial score (nSPS) is 16.5. The molecule has 0 spiro atoms. The molecule has 166 valence electrons. The zero-order valence-electron chi connectivity index (χ0n) is 18.2. The van der Waals surface area contributed by atoms with E-state index in [0.29, 0.717) is 30.0 Å². The third kappa shape index (κ3) is 5.26. The number of para-hydroxylation sites is 1. The Kier molecular flexibility index (Phi) is 7.02. The van der Waals surface area contributed by atoms with E-state index in [0.717, 1.165) is 30.2 Å². The first-order valence-electron chi connectivity index (χ1n) is 11.1. The van der Waals surface area contributed by atoms with Crippen molar-refractivity contribution in [3.05, 3.63) is 72.3 Å². The Labute approximate surface area is 187 Å². The van der Waals surface area contributed by atoms with Crippen LogP contribution in [0.1, 0.15) is 36.5 Å². The van der Waals surface area contributed by atoms with Crippen LogP contribution in [0, 0.1) is 0 Å². The van der Waals surface area contributed by atoms with E-state index in [-0.39, 0.29) is 17.9 Å². The quantitative estimate of drug-likeness (QED) is 0.548. The maximum Gasteiger partial charge on any atom is 0.265 e. The van der Waals surface area contributed by atoms with Crippen LogP contribution in [0.15, 0.2) is 66.7 Å². The molecule has 6 nitrogen and oxygen atoms in total. The van der Waals surface area contributed by atoms with Gasteiger partial charge in [-0.05, 0) is 54.3 Å². The molecule has 1 fully saturated rings. The first-order chi connectivity index (χ1) is 15.6. The van der Waals surface area contributed by atoms with Crippen LogP contribution in [0.25, 0.3) is 10.8 Å². The van der Waals surface area contributed by atoms with Crippen LogP contribution < -0.4 is 15.4 Å². The summed E-state index contributed by atoms with van der Waals surface area (Å²) in [6.07, 6.45) is 1.83. The fraction of sp³-hybridized carbons (Fsp3) is 0.308. The summed E-state index contributed by atoms with van der Waals surface area (Å²) in [6.45, 7) is 3.10. The number of carbonyl (C=O) groups is 2. The van der Waals surface area contributed by atoms with E-state index in [9.17, 15) is 9.59 Å². The molecule has 1 saturated heterocycles. The molecule has 32 heavy (non-hydrogen) atoms. The number of anilines is 1. The molecule has 2 N–H and O–H groups in total. The molecule has 0 bridgehead atoms. The number of ether oxygens (including phenoxy) is 2. The molecule has 0 radical (unpaired) electrons. The molecule has 3 aromatic rings. The van der Waals surface area contributed by atoms with E-state index >= 15 is 0 Å². The topological polar surface area (TPSA) is 76.7 Å². The Balaban J connectivity index is 1.42. The summed E-state index contributed by atoms with van der Waals surface area (Å²) in [5, 5.41) is 7.94. The van der Waals surface area contributed by atoms with Gasteiger partial charge in [-0.25, -0.2) is 0 Å². The lowest BCUT2D eigenvalue weighted by molar-refractivity contribution is -0.122. The summed E-state index contributed by atoms with van der Waals surface area (Å²) in [5.41, 5.74) is 0.877. The van der Waals surface area contributed by atoms with Crippen molar-refractivity contribution in [2.24, 2.45) is 0 Å². The van der Waals surface area contributed by atoms with Gasteiger partial charge in [-0.3, -0.25) is 9.59 Å². The van der Waals surface area contributed by atoms with Gasteiger partial charge in [0.2, 0.25) is 0 Å². The van der Waals surface area contributed by atoms with Crippen molar-refractivity contribution in [1.29, 1.82) is 0 Å². The van der Waals surface area contributed by atoms with Crippen molar-refractivity contribution < 1.29 is 19.1 Å². The van der Waals surface area contributed by atoms with Crippen LogP contribution in [0.2, 0.25) is 0 Å². The van der Waals surface area contributed by atoms with Crippen LogP contribution in [-0.2, 0) is 9.53 Å². The number of benzene rings is 3. The largest absolute Gasteiger partial charge is 0.481 e. The molecular formula is C26H28N2O4. The number of nitrogens with one attached hydrogen (secondary N) is 2. The van der Waals surface area contributed by atoms with Gasteiger partial charge >= 0.3 is 0 Å². The minimum Gasteiger partial charge on any atom is -0.481 e. The Bertz CT molecular complexity index is 1090. The van der Waals surface area contributed by atoms with Gasteiger partial charge in [0.05, 0.1) is 17.4 Å². The Morgan fingerprint density at radius 3 is 2.62 bits per heavy atom. The number of hydrogen-bond acceptors (Lipinski definition) is 4. The highest BCUT2D eigenvalue weighted by Crippen LogP contribution is 2.23. The molecule has 2 atom stereocenters. The molecule has 2 amide bonds. The average molecular weight is 433 g/mol. The van der Waals surface area contributed by atoms with Crippen molar-refractivity contribution in [2.45, 2.75) is 38.4 Å². The number of amides is 2. The van der Waals surface area contributed by atoms with Crippen LogP contribution in [0.4, 0.5) is 5.69 Å². The molecule has 4 rings (SSSR count). The van der Waals surface area contributed by atoms with Gasteiger partial charge in [0, 0.05) is 13.2 Å². The highest BCUT2D eigenvalue weighted by molar-refractivity contribution is 6.04. The lowest BCUT2D eigenvalue weighted by Gasteiger charge is -2.19. The van der Waals surface area contributed by atoms with Crippen LogP contribution in [-0.4, -0.2) is 37.2 Å². The maximum atomic E-state index is 13.0. The Morgan fingerprint density at radius 1 is 1.06 bits per heavy atom. The molecule has 0 saturated carbocycles. The molecule has 1 aliphatic rings. The minimum atomic E-state index is -0.681. The van der Waals surface area contributed by atoms with Crippen LogP contribution >= 0.6 is 0 Å². The van der Waals surface area contributed by atoms with E-state index in [1.807, 2.05) is 49.4 Å². The minimum absolute atomic E-state index is 0.0560. The number of carbonyl (C=O) groups excluding carboxylic acids is 2. The van der Waals surface area contributed by atoms with Gasteiger partial charge in [-0.1, -0.05) is 49.4 Å². The van der Waals surface area contributed by atoms with E-state index < -0.39 is 6.10 Å². The van der Waals surface area contributed by atoms with Gasteiger partial charge in [-0.15, -0.1) is 0 Å². The lowest BCUT2D eigenvalue weighted by Crippen LogP contribution is -2.35. The molecule has 6 heteroatoms. The monoisotopic (exact) mass is 432 g/mol. The molecule has 1 heterocycles. The standard InChI is InChI=1S/C26H28N2O4/c1-2-24(32-20-14-13-18-8-3-4-9-19(18)16-20)26(30)28-23-12-6-5-11-22(23)25(29)27-17-21-10-7-15-31-21/h3-6,8-9,11-14,16,21,24H,2,7,10,15,17H2,1H3,(H,27,29)(H,28,30)/t21-,24-/m1/s1. The molecule has 0 aromatic heterocycles. The third-order valence-electron chi connectivity index (χ3n) is 5.61. The fourth-order valence-electron chi connectivity index (χ4n) is 3.84. The van der Waals surface area contributed by atoms with Crippen LogP contribution in [0.3, 0.4) is 0 Å². The zero-order valence-corrected chi connectivity index (χ0v) is 18.2. The fourth-order valence-corrected chi connectivity index (χ4v) is 3.84. The first-order valence-corrected chi connectivity index (χ1v) is 11.1. The summed E-state index contributed by atoms with van der Waals surface area (Å²) in [4.78, 5) is 25.7. The van der Waals surface area contributed by atoms with Gasteiger partial charge in [0.15, 0.2) is 6.10 Å². The van der Waals surface area contributed by atoms with E-state index in [2.05, 4.69) is 10.6 Å². The van der Waals surface area contributed by atoms with Gasteiger partial charge in [0.25, 0.3) is 11.8 Å². The van der Waals surface area contributed by atoms with Crippen molar-refractivity contribution in [1.82, 2.24) is 5.32 Å². The summed E-state index contributed by atoms with van der Waals surface area (Å²) in [6, 6.07) is 20.8.